The van der Waals surface area contributed by atoms with Crippen molar-refractivity contribution in [3.05, 3.63) is 74.5 Å². The summed E-state index contributed by atoms with van der Waals surface area (Å²) in [5, 5.41) is 5.57. The van der Waals surface area contributed by atoms with Gasteiger partial charge in [-0.2, -0.15) is 0 Å². The van der Waals surface area contributed by atoms with Crippen molar-refractivity contribution in [3.63, 3.8) is 0 Å². The Hall–Kier alpha value is -2.38. The highest BCUT2D eigenvalue weighted by molar-refractivity contribution is 6.39. The third-order valence-electron chi connectivity index (χ3n) is 9.23. The van der Waals surface area contributed by atoms with E-state index in [4.69, 9.17) is 37.2 Å². The highest BCUT2D eigenvalue weighted by Gasteiger charge is 2.47. The van der Waals surface area contributed by atoms with Gasteiger partial charge in [-0.15, -0.1) is 0 Å². The van der Waals surface area contributed by atoms with Crippen LogP contribution in [0.1, 0.15) is 77.3 Å². The van der Waals surface area contributed by atoms with Crippen molar-refractivity contribution in [3.8, 4) is 11.3 Å². The molecule has 7 rings (SSSR count). The average Bonchev–Trinajstić information content (AvgIpc) is 3.46. The first-order chi connectivity index (χ1) is 19.0. The zero-order valence-corrected chi connectivity index (χ0v) is 23.5. The van der Waals surface area contributed by atoms with Gasteiger partial charge >= 0.3 is 5.97 Å². The number of methoxy groups -OCH3 is 1. The summed E-state index contributed by atoms with van der Waals surface area (Å²) in [6.07, 6.45) is 7.07. The van der Waals surface area contributed by atoms with Crippen LogP contribution in [-0.4, -0.2) is 35.3 Å². The van der Waals surface area contributed by atoms with E-state index in [0.717, 1.165) is 55.7 Å². The topological polar surface area (TPSA) is 64.8 Å². The molecule has 2 unspecified atom stereocenters. The van der Waals surface area contributed by atoms with E-state index >= 15 is 0 Å². The van der Waals surface area contributed by atoms with Crippen LogP contribution in [0, 0.1) is 11.8 Å². The van der Waals surface area contributed by atoms with Crippen LogP contribution in [0.3, 0.4) is 0 Å². The molecule has 0 amide bonds. The van der Waals surface area contributed by atoms with Crippen molar-refractivity contribution < 1.29 is 18.8 Å². The summed E-state index contributed by atoms with van der Waals surface area (Å²) in [6, 6.07) is 12.1. The Morgan fingerprint density at radius 1 is 1.03 bits per heavy atom. The normalized spacial score (nSPS) is 26.1. The third-order valence-corrected chi connectivity index (χ3v) is 9.86. The van der Waals surface area contributed by atoms with Gasteiger partial charge in [-0.1, -0.05) is 40.5 Å². The molecule has 2 aromatic carbocycles. The Bertz CT molecular complexity index is 1380. The van der Waals surface area contributed by atoms with E-state index in [1.54, 1.807) is 0 Å². The predicted molar refractivity (Wildman–Crippen MR) is 149 cm³/mol. The fourth-order valence-corrected chi connectivity index (χ4v) is 7.88. The minimum atomic E-state index is -0.272. The number of hydrogen-bond acceptors (Lipinski definition) is 6. The molecule has 1 aliphatic heterocycles. The van der Waals surface area contributed by atoms with Crippen molar-refractivity contribution >= 4 is 29.2 Å². The second kappa shape index (κ2) is 10.2. The number of nitrogens with zero attached hydrogens (tertiary/aromatic N) is 2. The average molecular weight is 568 g/mol. The molecule has 3 saturated carbocycles. The Kier molecular flexibility index (Phi) is 6.71. The second-order valence-corrected chi connectivity index (χ2v) is 12.4. The van der Waals surface area contributed by atoms with Crippen LogP contribution in [0.4, 0.5) is 0 Å². The molecule has 3 fully saturated rings. The van der Waals surface area contributed by atoms with Crippen LogP contribution in [-0.2, 0) is 29.2 Å². The highest BCUT2D eigenvalue weighted by atomic mass is 35.5. The van der Waals surface area contributed by atoms with E-state index in [-0.39, 0.29) is 12.1 Å². The summed E-state index contributed by atoms with van der Waals surface area (Å²) in [6.45, 7) is 2.32. The number of esters is 1. The number of hydrogen-bond donors (Lipinski definition) is 0. The molecule has 4 aliphatic rings. The van der Waals surface area contributed by atoms with Gasteiger partial charge in [0.25, 0.3) is 0 Å². The van der Waals surface area contributed by atoms with Crippen LogP contribution >= 0.6 is 23.2 Å². The first kappa shape index (κ1) is 25.6. The summed E-state index contributed by atoms with van der Waals surface area (Å²) in [5.74, 6) is 2.30. The van der Waals surface area contributed by atoms with E-state index < -0.39 is 0 Å². The Morgan fingerprint density at radius 2 is 1.74 bits per heavy atom. The lowest BCUT2D eigenvalue weighted by molar-refractivity contribution is -0.0334. The molecule has 0 N–H and O–H groups in total. The molecule has 8 heteroatoms. The van der Waals surface area contributed by atoms with Crippen molar-refractivity contribution in [1.82, 2.24) is 10.1 Å². The molecular weight excluding hydrogens is 535 g/mol. The maximum absolute atomic E-state index is 12.0. The maximum atomic E-state index is 12.0. The van der Waals surface area contributed by atoms with Gasteiger partial charge in [0.1, 0.15) is 11.5 Å². The van der Waals surface area contributed by atoms with Crippen LogP contribution in [0.15, 0.2) is 40.9 Å². The summed E-state index contributed by atoms with van der Waals surface area (Å²) < 4.78 is 17.4. The Morgan fingerprint density at radius 3 is 2.44 bits per heavy atom. The van der Waals surface area contributed by atoms with Crippen LogP contribution < -0.4 is 0 Å². The van der Waals surface area contributed by atoms with Crippen LogP contribution in [0.25, 0.3) is 11.3 Å². The minimum Gasteiger partial charge on any atom is -0.465 e. The summed E-state index contributed by atoms with van der Waals surface area (Å²) in [4.78, 5) is 14.6. The first-order valence-corrected chi connectivity index (χ1v) is 14.7. The lowest BCUT2D eigenvalue weighted by Gasteiger charge is -2.40. The molecule has 3 aliphatic carbocycles. The van der Waals surface area contributed by atoms with Gasteiger partial charge in [0.15, 0.2) is 0 Å². The lowest BCUT2D eigenvalue weighted by atomic mass is 9.81. The number of carbonyl (C=O) groups excluding carboxylic acids is 1. The van der Waals surface area contributed by atoms with Gasteiger partial charge < -0.3 is 14.0 Å². The molecule has 2 atom stereocenters. The zero-order chi connectivity index (χ0) is 26.7. The van der Waals surface area contributed by atoms with Crippen molar-refractivity contribution in [2.24, 2.45) is 11.8 Å². The Labute approximate surface area is 238 Å². The number of ether oxygens (including phenoxy) is 2. The van der Waals surface area contributed by atoms with Crippen LogP contribution in [0.2, 0.25) is 10.0 Å². The molecule has 1 aromatic heterocycles. The number of aromatic nitrogens is 1. The van der Waals surface area contributed by atoms with E-state index in [9.17, 15) is 4.79 Å². The number of rotatable bonds is 7. The second-order valence-electron chi connectivity index (χ2n) is 11.6. The lowest BCUT2D eigenvalue weighted by Crippen LogP contribution is -2.44. The summed E-state index contributed by atoms with van der Waals surface area (Å²) in [7, 11) is 1.43. The van der Waals surface area contributed by atoms with E-state index in [2.05, 4.69) is 16.1 Å². The molecular formula is C31H32Cl2N2O4. The number of benzene rings is 2. The van der Waals surface area contributed by atoms with Crippen molar-refractivity contribution in [1.29, 1.82) is 0 Å². The molecule has 0 radical (unpaired) electrons. The highest BCUT2D eigenvalue weighted by Crippen LogP contribution is 2.49. The third kappa shape index (κ3) is 4.69. The Balaban J connectivity index is 1.05. The zero-order valence-electron chi connectivity index (χ0n) is 22.0. The fourth-order valence-electron chi connectivity index (χ4n) is 7.30. The van der Waals surface area contributed by atoms with Gasteiger partial charge in [0.05, 0.1) is 35.4 Å². The predicted octanol–water partition coefficient (Wildman–Crippen LogP) is 7.40. The maximum Gasteiger partial charge on any atom is 0.337 e. The van der Waals surface area contributed by atoms with Crippen LogP contribution in [0.5, 0.6) is 0 Å². The molecule has 0 spiro atoms. The van der Waals surface area contributed by atoms with Gasteiger partial charge in [0, 0.05) is 36.2 Å². The molecule has 6 nitrogen and oxygen atoms in total. The molecule has 3 aromatic rings. The molecule has 2 heterocycles. The van der Waals surface area contributed by atoms with Gasteiger partial charge in [0.2, 0.25) is 0 Å². The van der Waals surface area contributed by atoms with E-state index in [1.165, 1.54) is 31.1 Å². The van der Waals surface area contributed by atoms with Gasteiger partial charge in [-0.3, -0.25) is 4.90 Å². The minimum absolute atomic E-state index is 0.214. The van der Waals surface area contributed by atoms with Crippen molar-refractivity contribution in [2.45, 2.75) is 76.3 Å². The number of carbonyl (C=O) groups is 1. The molecule has 39 heavy (non-hydrogen) atoms. The first-order valence-electron chi connectivity index (χ1n) is 14.0. The molecule has 204 valence electrons. The van der Waals surface area contributed by atoms with E-state index in [0.29, 0.717) is 51.7 Å². The van der Waals surface area contributed by atoms with E-state index in [1.807, 2.05) is 30.3 Å². The quantitative estimate of drug-likeness (QED) is 0.277. The van der Waals surface area contributed by atoms with Gasteiger partial charge in [-0.05, 0) is 85.8 Å². The summed E-state index contributed by atoms with van der Waals surface area (Å²) in [5.41, 5.74) is 5.65. The standard InChI is InChI=1S/C31H32Cl2N2O4/c1-37-31(36)20-9-10-21-14-35(15-22(21)11-20)29-18-7-8-19(29)13-23(12-18)38-16-24-28(34-39-30(24)17-5-6-17)27-25(32)3-2-4-26(27)33/h2-4,9-11,17-19,23,29H,5-8,12-16H2,1H3. The molecule has 2 bridgehead atoms. The van der Waals surface area contributed by atoms with Gasteiger partial charge in [-0.25, -0.2) is 4.79 Å². The monoisotopic (exact) mass is 566 g/mol. The largest absolute Gasteiger partial charge is 0.465 e. The smallest absolute Gasteiger partial charge is 0.337 e. The fraction of sp³-hybridized carbons (Fsp3) is 0.484. The summed E-state index contributed by atoms with van der Waals surface area (Å²) >= 11 is 13.1. The number of halogens is 2. The number of fused-ring (bicyclic) bond motifs is 3. The van der Waals surface area contributed by atoms with Crippen molar-refractivity contribution in [2.75, 3.05) is 7.11 Å². The SMILES string of the molecule is COC(=O)c1ccc2c(c1)CN(C1C3CCC1CC(OCc1c(-c4c(Cl)cccc4Cl)noc1C1CC1)C3)C2. The molecule has 0 saturated heterocycles.